The van der Waals surface area contributed by atoms with Gasteiger partial charge in [-0.1, -0.05) is 0 Å². The highest BCUT2D eigenvalue weighted by Crippen LogP contribution is 2.30. The molecule has 8 nitrogen and oxygen atoms in total. The molecule has 0 fully saturated rings. The molecule has 0 saturated heterocycles. The van der Waals surface area contributed by atoms with Crippen molar-refractivity contribution in [1.82, 2.24) is 19.9 Å². The average molecular weight is 373 g/mol. The first-order chi connectivity index (χ1) is 13.0. The fourth-order valence-electron chi connectivity index (χ4n) is 3.10. The molecule has 0 saturated carbocycles. The van der Waals surface area contributed by atoms with Crippen molar-refractivity contribution >= 4 is 11.5 Å². The van der Waals surface area contributed by atoms with Crippen LogP contribution in [-0.4, -0.2) is 44.1 Å². The Morgan fingerprint density at radius 2 is 2.19 bits per heavy atom. The lowest BCUT2D eigenvalue weighted by molar-refractivity contribution is 0.116. The van der Waals surface area contributed by atoms with E-state index in [4.69, 9.17) is 4.74 Å². The number of rotatable bonds is 1. The molecule has 3 atom stereocenters. The van der Waals surface area contributed by atoms with E-state index in [1.54, 1.807) is 23.0 Å². The van der Waals surface area contributed by atoms with Crippen LogP contribution in [0.2, 0.25) is 0 Å². The van der Waals surface area contributed by atoms with Gasteiger partial charge in [0, 0.05) is 18.3 Å². The maximum atomic E-state index is 13.9. The van der Waals surface area contributed by atoms with Crippen molar-refractivity contribution in [3.8, 4) is 5.75 Å². The Labute approximate surface area is 154 Å². The molecule has 3 aromatic rings. The molecule has 142 valence electrons. The van der Waals surface area contributed by atoms with Crippen LogP contribution >= 0.6 is 0 Å². The first-order valence-electron chi connectivity index (χ1n) is 8.64. The lowest BCUT2D eigenvalue weighted by atomic mass is 10.1. The molecule has 1 aromatic carbocycles. The van der Waals surface area contributed by atoms with Crippen LogP contribution in [0.3, 0.4) is 0 Å². The molecule has 4 N–H and O–H groups in total. The molecule has 0 aliphatic carbocycles. The first kappa shape index (κ1) is 17.7. The molecule has 1 unspecified atom stereocenters. The summed E-state index contributed by atoms with van der Waals surface area (Å²) >= 11 is 0. The monoisotopic (exact) mass is 373 g/mol. The predicted molar refractivity (Wildman–Crippen MR) is 95.9 cm³/mol. The second-order valence-electron chi connectivity index (χ2n) is 6.48. The van der Waals surface area contributed by atoms with Gasteiger partial charge >= 0.3 is 0 Å². The summed E-state index contributed by atoms with van der Waals surface area (Å²) in [6.07, 6.45) is 1.95. The van der Waals surface area contributed by atoms with Crippen LogP contribution in [0.15, 0.2) is 36.7 Å². The summed E-state index contributed by atoms with van der Waals surface area (Å²) in [5, 5.41) is 30.6. The summed E-state index contributed by atoms with van der Waals surface area (Å²) in [6.45, 7) is 1.89. The van der Waals surface area contributed by atoms with Gasteiger partial charge in [-0.2, -0.15) is 5.10 Å². The molecule has 0 amide bonds. The van der Waals surface area contributed by atoms with E-state index in [1.165, 1.54) is 18.2 Å². The standard InChI is InChI=1S/C18H20FN5O3/c1-10-7-20-18(26)13-8-21-24-5-4-16(23-17(13)24)22-14(9-25)12-6-11(19)2-3-15(12)27-10/h2-6,8,10,14,18,20,25-26H,7,9H2,1H3,(H,22,23)/t10-,14+,18?/m0/s1. The normalized spacial score (nSPS) is 22.9. The Morgan fingerprint density at radius 1 is 1.33 bits per heavy atom. The highest BCUT2D eigenvalue weighted by Gasteiger charge is 2.22. The van der Waals surface area contributed by atoms with E-state index in [0.717, 1.165) is 0 Å². The van der Waals surface area contributed by atoms with Gasteiger partial charge in [0.2, 0.25) is 0 Å². The number of aliphatic hydroxyl groups is 2. The Kier molecular flexibility index (Phi) is 4.65. The topological polar surface area (TPSA) is 104 Å². The number of benzene rings is 1. The number of nitrogens with one attached hydrogen (secondary N) is 2. The van der Waals surface area contributed by atoms with E-state index in [0.29, 0.717) is 34.9 Å². The van der Waals surface area contributed by atoms with E-state index >= 15 is 0 Å². The van der Waals surface area contributed by atoms with E-state index in [2.05, 4.69) is 20.7 Å². The summed E-state index contributed by atoms with van der Waals surface area (Å²) < 4.78 is 21.3. The molecule has 4 rings (SSSR count). The minimum absolute atomic E-state index is 0.284. The Bertz CT molecular complexity index is 963. The lowest BCUT2D eigenvalue weighted by Crippen LogP contribution is -2.32. The minimum atomic E-state index is -0.974. The van der Waals surface area contributed by atoms with Crippen LogP contribution in [0, 0.1) is 5.82 Å². The highest BCUT2D eigenvalue weighted by atomic mass is 19.1. The number of halogens is 1. The van der Waals surface area contributed by atoms with Crippen molar-refractivity contribution in [2.75, 3.05) is 18.5 Å². The average Bonchev–Trinajstić information content (AvgIpc) is 3.08. The Hall–Kier alpha value is -2.75. The van der Waals surface area contributed by atoms with E-state index in [9.17, 15) is 14.6 Å². The van der Waals surface area contributed by atoms with Crippen molar-refractivity contribution in [2.24, 2.45) is 0 Å². The van der Waals surface area contributed by atoms with Crippen LogP contribution in [0.1, 0.15) is 30.3 Å². The van der Waals surface area contributed by atoms with Gasteiger partial charge in [0.05, 0.1) is 24.4 Å². The van der Waals surface area contributed by atoms with Gasteiger partial charge in [0.25, 0.3) is 0 Å². The summed E-state index contributed by atoms with van der Waals surface area (Å²) in [6, 6.07) is 5.24. The molecular weight excluding hydrogens is 353 g/mol. The molecule has 1 aliphatic rings. The van der Waals surface area contributed by atoms with E-state index in [-0.39, 0.29) is 12.7 Å². The van der Waals surface area contributed by atoms with Crippen molar-refractivity contribution in [3.05, 3.63) is 53.6 Å². The molecule has 27 heavy (non-hydrogen) atoms. The fraction of sp³-hybridized carbons (Fsp3) is 0.333. The molecule has 0 spiro atoms. The van der Waals surface area contributed by atoms with Crippen molar-refractivity contribution in [3.63, 3.8) is 0 Å². The molecule has 3 heterocycles. The fourth-order valence-corrected chi connectivity index (χ4v) is 3.10. The minimum Gasteiger partial charge on any atom is -0.489 e. The van der Waals surface area contributed by atoms with E-state index in [1.807, 2.05) is 6.92 Å². The Morgan fingerprint density at radius 3 is 3.00 bits per heavy atom. The third kappa shape index (κ3) is 3.44. The zero-order valence-electron chi connectivity index (χ0n) is 14.6. The largest absolute Gasteiger partial charge is 0.489 e. The smallest absolute Gasteiger partial charge is 0.164 e. The number of hydrogen-bond donors (Lipinski definition) is 4. The van der Waals surface area contributed by atoms with Crippen LogP contribution < -0.4 is 15.4 Å². The summed E-state index contributed by atoms with van der Waals surface area (Å²) in [5.74, 6) is 0.484. The van der Waals surface area contributed by atoms with E-state index < -0.39 is 18.1 Å². The third-order valence-electron chi connectivity index (χ3n) is 4.47. The van der Waals surface area contributed by atoms with Gasteiger partial charge in [0.15, 0.2) is 5.65 Å². The number of hydrogen-bond acceptors (Lipinski definition) is 7. The number of nitrogens with zero attached hydrogens (tertiary/aromatic N) is 3. The molecular formula is C18H20FN5O3. The van der Waals surface area contributed by atoms with Gasteiger partial charge in [0.1, 0.15) is 29.7 Å². The van der Waals surface area contributed by atoms with Gasteiger partial charge in [-0.25, -0.2) is 13.9 Å². The van der Waals surface area contributed by atoms with Crippen molar-refractivity contribution in [1.29, 1.82) is 0 Å². The van der Waals surface area contributed by atoms with Crippen LogP contribution in [0.5, 0.6) is 5.75 Å². The Balaban J connectivity index is 1.82. The predicted octanol–water partition coefficient (Wildman–Crippen LogP) is 1.38. The molecule has 9 heteroatoms. The lowest BCUT2D eigenvalue weighted by Gasteiger charge is -2.23. The first-order valence-corrected chi connectivity index (χ1v) is 8.64. The molecule has 0 radical (unpaired) electrons. The molecule has 1 aliphatic heterocycles. The van der Waals surface area contributed by atoms with Gasteiger partial charge < -0.3 is 20.3 Å². The number of ether oxygens (including phenoxy) is 1. The SMILES string of the molecule is C[C@H]1CNC(O)c2cnn3ccc(nc23)N[C@H](CO)c2cc(F)ccc2O1. The van der Waals surface area contributed by atoms with Gasteiger partial charge in [-0.15, -0.1) is 0 Å². The van der Waals surface area contributed by atoms with Gasteiger partial charge in [-0.05, 0) is 31.2 Å². The number of anilines is 1. The molecule has 2 bridgehead atoms. The van der Waals surface area contributed by atoms with Crippen molar-refractivity contribution < 1.29 is 19.3 Å². The second-order valence-corrected chi connectivity index (χ2v) is 6.48. The van der Waals surface area contributed by atoms with Crippen molar-refractivity contribution in [2.45, 2.75) is 25.3 Å². The maximum Gasteiger partial charge on any atom is 0.164 e. The zero-order valence-corrected chi connectivity index (χ0v) is 14.6. The number of aromatic nitrogens is 3. The van der Waals surface area contributed by atoms with Crippen LogP contribution in [0.4, 0.5) is 10.2 Å². The maximum absolute atomic E-state index is 13.9. The van der Waals surface area contributed by atoms with Crippen LogP contribution in [-0.2, 0) is 0 Å². The number of fused-ring (bicyclic) bond motifs is 2. The zero-order chi connectivity index (χ0) is 19.0. The summed E-state index contributed by atoms with van der Waals surface area (Å²) in [5.41, 5.74) is 1.48. The third-order valence-corrected chi connectivity index (χ3v) is 4.47. The summed E-state index contributed by atoms with van der Waals surface area (Å²) in [7, 11) is 0. The summed E-state index contributed by atoms with van der Waals surface area (Å²) in [4.78, 5) is 4.49. The van der Waals surface area contributed by atoms with Crippen LogP contribution in [0.25, 0.3) is 5.65 Å². The van der Waals surface area contributed by atoms with Gasteiger partial charge in [-0.3, -0.25) is 5.32 Å². The second kappa shape index (κ2) is 7.10. The molecule has 2 aromatic heterocycles. The number of aliphatic hydroxyl groups excluding tert-OH is 2. The highest BCUT2D eigenvalue weighted by molar-refractivity contribution is 5.53. The quantitative estimate of drug-likeness (QED) is 0.511.